The number of hydrogen-bond acceptors (Lipinski definition) is 3. The van der Waals surface area contributed by atoms with Gasteiger partial charge in [0.15, 0.2) is 0 Å². The van der Waals surface area contributed by atoms with Gasteiger partial charge in [0.25, 0.3) is 0 Å². The quantitative estimate of drug-likeness (QED) is 0.940. The van der Waals surface area contributed by atoms with Crippen LogP contribution in [0.3, 0.4) is 0 Å². The van der Waals surface area contributed by atoms with Gasteiger partial charge in [-0.25, -0.2) is 4.98 Å². The molecule has 1 atom stereocenters. The van der Waals surface area contributed by atoms with Gasteiger partial charge >= 0.3 is 0 Å². The van der Waals surface area contributed by atoms with Gasteiger partial charge < -0.3 is 9.67 Å². The molecule has 1 fully saturated rings. The summed E-state index contributed by atoms with van der Waals surface area (Å²) in [6.45, 7) is 7.22. The molecule has 0 radical (unpaired) electrons. The number of imidazole rings is 1. The van der Waals surface area contributed by atoms with Crippen molar-refractivity contribution in [3.63, 3.8) is 0 Å². The van der Waals surface area contributed by atoms with E-state index >= 15 is 0 Å². The summed E-state index contributed by atoms with van der Waals surface area (Å²) in [5.41, 5.74) is 3.41. The first-order valence-electron chi connectivity index (χ1n) is 7.99. The molecule has 0 amide bonds. The predicted octanol–water partition coefficient (Wildman–Crippen LogP) is 2.71. The van der Waals surface area contributed by atoms with E-state index in [1.54, 1.807) is 0 Å². The summed E-state index contributed by atoms with van der Waals surface area (Å²) in [7, 11) is 0. The van der Waals surface area contributed by atoms with Gasteiger partial charge in [0.2, 0.25) is 0 Å². The van der Waals surface area contributed by atoms with Gasteiger partial charge in [-0.05, 0) is 50.9 Å². The first-order valence-corrected chi connectivity index (χ1v) is 7.99. The van der Waals surface area contributed by atoms with Crippen molar-refractivity contribution >= 4 is 11.0 Å². The van der Waals surface area contributed by atoms with Crippen molar-refractivity contribution in [2.45, 2.75) is 52.2 Å². The molecule has 1 N–H and O–H groups in total. The SMILES string of the molecule is Cc1ccc2c(c1)nc(CN1CCCCC1C)n2CCO. The fourth-order valence-electron chi connectivity index (χ4n) is 3.33. The number of aliphatic hydroxyl groups is 1. The van der Waals surface area contributed by atoms with E-state index in [1.165, 1.54) is 24.8 Å². The van der Waals surface area contributed by atoms with E-state index in [-0.39, 0.29) is 6.61 Å². The third kappa shape index (κ3) is 2.97. The summed E-state index contributed by atoms with van der Waals surface area (Å²) in [5, 5.41) is 9.37. The lowest BCUT2D eigenvalue weighted by atomic mass is 10.0. The molecule has 0 saturated carbocycles. The van der Waals surface area contributed by atoms with Crippen LogP contribution in [-0.4, -0.2) is 38.8 Å². The zero-order valence-electron chi connectivity index (χ0n) is 13.0. The van der Waals surface area contributed by atoms with Crippen LogP contribution in [0.1, 0.15) is 37.6 Å². The topological polar surface area (TPSA) is 41.3 Å². The highest BCUT2D eigenvalue weighted by Crippen LogP contribution is 2.22. The normalized spacial score (nSPS) is 20.2. The van der Waals surface area contributed by atoms with Crippen LogP contribution >= 0.6 is 0 Å². The third-order valence-electron chi connectivity index (χ3n) is 4.59. The van der Waals surface area contributed by atoms with Crippen LogP contribution in [0.15, 0.2) is 18.2 Å². The van der Waals surface area contributed by atoms with Gasteiger partial charge in [-0.1, -0.05) is 12.5 Å². The van der Waals surface area contributed by atoms with Crippen molar-refractivity contribution in [3.05, 3.63) is 29.6 Å². The molecule has 1 unspecified atom stereocenters. The summed E-state index contributed by atoms with van der Waals surface area (Å²) in [6, 6.07) is 7.00. The van der Waals surface area contributed by atoms with E-state index in [2.05, 4.69) is 41.5 Å². The van der Waals surface area contributed by atoms with Crippen molar-refractivity contribution in [2.24, 2.45) is 0 Å². The zero-order valence-corrected chi connectivity index (χ0v) is 13.0. The lowest BCUT2D eigenvalue weighted by Gasteiger charge is -2.33. The summed E-state index contributed by atoms with van der Waals surface area (Å²) in [6.07, 6.45) is 3.90. The Bertz CT molecular complexity index is 620. The number of benzene rings is 1. The molecule has 0 bridgehead atoms. The maximum atomic E-state index is 9.37. The molecule has 4 nitrogen and oxygen atoms in total. The molecule has 1 aliphatic heterocycles. The number of nitrogens with zero attached hydrogens (tertiary/aromatic N) is 3. The Hall–Kier alpha value is -1.39. The number of hydrogen-bond donors (Lipinski definition) is 1. The summed E-state index contributed by atoms with van der Waals surface area (Å²) in [5.74, 6) is 1.08. The highest BCUT2D eigenvalue weighted by atomic mass is 16.3. The molecule has 3 rings (SSSR count). The minimum atomic E-state index is 0.155. The standard InChI is InChI=1S/C17H25N3O/c1-13-6-7-16-15(11-13)18-17(20(16)9-10-21)12-19-8-4-3-5-14(19)2/h6-7,11,14,21H,3-5,8-10,12H2,1-2H3. The summed E-state index contributed by atoms with van der Waals surface area (Å²) in [4.78, 5) is 7.35. The van der Waals surface area contributed by atoms with Crippen LogP contribution in [0.5, 0.6) is 0 Å². The van der Waals surface area contributed by atoms with E-state index in [4.69, 9.17) is 4.98 Å². The number of aliphatic hydroxyl groups excluding tert-OH is 1. The Labute approximate surface area is 126 Å². The second kappa shape index (κ2) is 6.16. The zero-order chi connectivity index (χ0) is 14.8. The number of rotatable bonds is 4. The van der Waals surface area contributed by atoms with Gasteiger partial charge in [0.05, 0.1) is 24.2 Å². The molecule has 4 heteroatoms. The minimum absolute atomic E-state index is 0.155. The van der Waals surface area contributed by atoms with E-state index in [0.717, 1.165) is 29.9 Å². The molecule has 114 valence electrons. The van der Waals surface area contributed by atoms with Gasteiger partial charge in [0, 0.05) is 12.6 Å². The monoisotopic (exact) mass is 287 g/mol. The molecule has 1 saturated heterocycles. The number of aryl methyl sites for hydroxylation is 1. The van der Waals surface area contributed by atoms with Crippen LogP contribution in [0, 0.1) is 6.92 Å². The molecule has 1 aliphatic rings. The lowest BCUT2D eigenvalue weighted by Crippen LogP contribution is -2.37. The molecule has 0 spiro atoms. The molecule has 0 aliphatic carbocycles. The van der Waals surface area contributed by atoms with Crippen molar-refractivity contribution in [2.75, 3.05) is 13.2 Å². The van der Waals surface area contributed by atoms with Crippen molar-refractivity contribution in [3.8, 4) is 0 Å². The summed E-state index contributed by atoms with van der Waals surface area (Å²) >= 11 is 0. The number of piperidine rings is 1. The van der Waals surface area contributed by atoms with E-state index in [0.29, 0.717) is 12.6 Å². The van der Waals surface area contributed by atoms with Gasteiger partial charge in [-0.3, -0.25) is 4.90 Å². The Morgan fingerprint density at radius 2 is 2.19 bits per heavy atom. The molecule has 2 heterocycles. The van der Waals surface area contributed by atoms with Gasteiger partial charge in [-0.2, -0.15) is 0 Å². The van der Waals surface area contributed by atoms with Gasteiger partial charge in [0.1, 0.15) is 5.82 Å². The maximum Gasteiger partial charge on any atom is 0.124 e. The molecule has 1 aromatic carbocycles. The average molecular weight is 287 g/mol. The number of fused-ring (bicyclic) bond motifs is 1. The van der Waals surface area contributed by atoms with Crippen LogP contribution in [0.25, 0.3) is 11.0 Å². The van der Waals surface area contributed by atoms with Crippen molar-refractivity contribution in [1.29, 1.82) is 0 Å². The maximum absolute atomic E-state index is 9.37. The van der Waals surface area contributed by atoms with Crippen LogP contribution < -0.4 is 0 Å². The van der Waals surface area contributed by atoms with Gasteiger partial charge in [-0.15, -0.1) is 0 Å². The van der Waals surface area contributed by atoms with E-state index in [1.807, 2.05) is 0 Å². The Morgan fingerprint density at radius 1 is 1.33 bits per heavy atom. The lowest BCUT2D eigenvalue weighted by molar-refractivity contribution is 0.146. The molecular formula is C17H25N3O. The average Bonchev–Trinajstić information content (AvgIpc) is 2.79. The molecule has 2 aromatic rings. The van der Waals surface area contributed by atoms with Crippen LogP contribution in [0.2, 0.25) is 0 Å². The molecule has 21 heavy (non-hydrogen) atoms. The molecular weight excluding hydrogens is 262 g/mol. The number of likely N-dealkylation sites (tertiary alicyclic amines) is 1. The predicted molar refractivity (Wildman–Crippen MR) is 85.3 cm³/mol. The highest BCUT2D eigenvalue weighted by Gasteiger charge is 2.21. The summed E-state index contributed by atoms with van der Waals surface area (Å²) < 4.78 is 2.18. The number of aromatic nitrogens is 2. The minimum Gasteiger partial charge on any atom is -0.395 e. The third-order valence-corrected chi connectivity index (χ3v) is 4.59. The van der Waals surface area contributed by atoms with E-state index in [9.17, 15) is 5.11 Å². The smallest absolute Gasteiger partial charge is 0.124 e. The Kier molecular flexibility index (Phi) is 4.27. The first kappa shape index (κ1) is 14.5. The fourth-order valence-corrected chi connectivity index (χ4v) is 3.33. The van der Waals surface area contributed by atoms with Crippen molar-refractivity contribution < 1.29 is 5.11 Å². The second-order valence-electron chi connectivity index (χ2n) is 6.21. The Morgan fingerprint density at radius 3 is 2.95 bits per heavy atom. The van der Waals surface area contributed by atoms with E-state index < -0.39 is 0 Å². The first-order chi connectivity index (χ1) is 10.2. The van der Waals surface area contributed by atoms with Crippen molar-refractivity contribution in [1.82, 2.24) is 14.5 Å². The van der Waals surface area contributed by atoms with Crippen LogP contribution in [-0.2, 0) is 13.1 Å². The Balaban J connectivity index is 1.94. The fraction of sp³-hybridized carbons (Fsp3) is 0.588. The second-order valence-corrected chi connectivity index (χ2v) is 6.21. The largest absolute Gasteiger partial charge is 0.395 e. The highest BCUT2D eigenvalue weighted by molar-refractivity contribution is 5.76. The molecule has 1 aromatic heterocycles. The van der Waals surface area contributed by atoms with Crippen LogP contribution in [0.4, 0.5) is 0 Å².